The van der Waals surface area contributed by atoms with Gasteiger partial charge in [-0.3, -0.25) is 4.90 Å². The van der Waals surface area contributed by atoms with Gasteiger partial charge in [0.25, 0.3) is 0 Å². The van der Waals surface area contributed by atoms with Crippen molar-refractivity contribution in [2.45, 2.75) is 57.4 Å². The van der Waals surface area contributed by atoms with Crippen molar-refractivity contribution in [3.05, 3.63) is 0 Å². The minimum atomic E-state index is -0.270. The minimum Gasteiger partial charge on any atom is -0.354 e. The van der Waals surface area contributed by atoms with E-state index in [2.05, 4.69) is 18.7 Å². The Morgan fingerprint density at radius 3 is 2.18 bits per heavy atom. The minimum absolute atomic E-state index is 0.243. The van der Waals surface area contributed by atoms with Crippen LogP contribution < -0.4 is 5.73 Å². The maximum atomic E-state index is 6.00. The van der Waals surface area contributed by atoms with E-state index in [1.54, 1.807) is 14.2 Å². The van der Waals surface area contributed by atoms with E-state index in [1.165, 1.54) is 25.7 Å². The lowest BCUT2D eigenvalue weighted by Gasteiger charge is -2.47. The van der Waals surface area contributed by atoms with Crippen LogP contribution >= 0.6 is 0 Å². The fourth-order valence-corrected chi connectivity index (χ4v) is 3.21. The Morgan fingerprint density at radius 1 is 1.29 bits per heavy atom. The van der Waals surface area contributed by atoms with E-state index in [9.17, 15) is 0 Å². The molecule has 0 aromatic carbocycles. The van der Waals surface area contributed by atoms with Crippen LogP contribution in [0, 0.1) is 0 Å². The fraction of sp³-hybridized carbons (Fsp3) is 1.00. The first-order chi connectivity index (χ1) is 8.13. The van der Waals surface area contributed by atoms with Crippen LogP contribution in [0.5, 0.6) is 0 Å². The van der Waals surface area contributed by atoms with Crippen LogP contribution in [0.4, 0.5) is 0 Å². The predicted octanol–water partition coefficient (Wildman–Crippen LogP) is 1.59. The van der Waals surface area contributed by atoms with Crippen LogP contribution in [-0.2, 0) is 9.47 Å². The summed E-state index contributed by atoms with van der Waals surface area (Å²) in [6, 6.07) is 0.626. The normalized spacial score (nSPS) is 21.4. The summed E-state index contributed by atoms with van der Waals surface area (Å²) in [5.74, 6) is 0. The summed E-state index contributed by atoms with van der Waals surface area (Å²) in [5.41, 5.74) is 5.76. The van der Waals surface area contributed by atoms with Crippen LogP contribution in [0.25, 0.3) is 0 Å². The molecule has 1 saturated carbocycles. The lowest BCUT2D eigenvalue weighted by Crippen LogP contribution is -2.62. The first-order valence-electron chi connectivity index (χ1n) is 6.66. The maximum absolute atomic E-state index is 6.00. The monoisotopic (exact) mass is 244 g/mol. The number of hydrogen-bond acceptors (Lipinski definition) is 4. The molecular formula is C13H28N2O2. The zero-order valence-corrected chi connectivity index (χ0v) is 11.7. The number of rotatable bonds is 7. The highest BCUT2D eigenvalue weighted by molar-refractivity contribution is 4.95. The second-order valence-corrected chi connectivity index (χ2v) is 5.09. The van der Waals surface area contributed by atoms with E-state index in [4.69, 9.17) is 15.2 Å². The van der Waals surface area contributed by atoms with Crippen molar-refractivity contribution in [1.82, 2.24) is 4.90 Å². The van der Waals surface area contributed by atoms with Crippen LogP contribution in [0.2, 0.25) is 0 Å². The van der Waals surface area contributed by atoms with E-state index in [0.29, 0.717) is 12.6 Å². The third-order valence-corrected chi connectivity index (χ3v) is 4.11. The smallest absolute Gasteiger partial charge is 0.176 e. The number of nitrogens with two attached hydrogens (primary N) is 1. The Hall–Kier alpha value is -0.160. The zero-order valence-electron chi connectivity index (χ0n) is 11.7. The molecule has 0 radical (unpaired) electrons. The summed E-state index contributed by atoms with van der Waals surface area (Å²) < 4.78 is 10.9. The molecule has 1 aliphatic carbocycles. The Labute approximate surface area is 105 Å². The summed E-state index contributed by atoms with van der Waals surface area (Å²) in [6.45, 7) is 5.87. The second-order valence-electron chi connectivity index (χ2n) is 5.09. The van der Waals surface area contributed by atoms with E-state index >= 15 is 0 Å². The highest BCUT2D eigenvalue weighted by Gasteiger charge is 2.42. The molecule has 4 heteroatoms. The molecule has 0 spiro atoms. The third kappa shape index (κ3) is 2.99. The van der Waals surface area contributed by atoms with Crippen LogP contribution in [0.3, 0.4) is 0 Å². The summed E-state index contributed by atoms with van der Waals surface area (Å²) in [6.07, 6.45) is 4.92. The molecule has 1 aliphatic rings. The SMILES string of the molecule is CCN(C1CCCC1)C(C)(CN)C(OC)OC. The molecule has 17 heavy (non-hydrogen) atoms. The van der Waals surface area contributed by atoms with Gasteiger partial charge in [0.15, 0.2) is 6.29 Å². The molecule has 0 aromatic heterocycles. The number of nitrogens with zero attached hydrogens (tertiary/aromatic N) is 1. The quantitative estimate of drug-likeness (QED) is 0.691. The van der Waals surface area contributed by atoms with Crippen molar-refractivity contribution < 1.29 is 9.47 Å². The van der Waals surface area contributed by atoms with E-state index in [1.807, 2.05) is 0 Å². The molecular weight excluding hydrogens is 216 g/mol. The molecule has 0 heterocycles. The Bertz CT molecular complexity index is 215. The summed E-state index contributed by atoms with van der Waals surface area (Å²) >= 11 is 0. The van der Waals surface area contributed by atoms with Gasteiger partial charge in [0.2, 0.25) is 0 Å². The highest BCUT2D eigenvalue weighted by atomic mass is 16.7. The van der Waals surface area contributed by atoms with Gasteiger partial charge in [-0.15, -0.1) is 0 Å². The number of ether oxygens (including phenoxy) is 2. The first kappa shape index (κ1) is 14.9. The summed E-state index contributed by atoms with van der Waals surface area (Å²) in [5, 5.41) is 0. The van der Waals surface area contributed by atoms with Gasteiger partial charge in [0.05, 0.1) is 5.54 Å². The van der Waals surface area contributed by atoms with Gasteiger partial charge >= 0.3 is 0 Å². The van der Waals surface area contributed by atoms with E-state index < -0.39 is 0 Å². The molecule has 1 rings (SSSR count). The zero-order chi connectivity index (χ0) is 12.9. The van der Waals surface area contributed by atoms with Crippen molar-refractivity contribution in [2.75, 3.05) is 27.3 Å². The molecule has 0 aliphatic heterocycles. The summed E-state index contributed by atoms with van der Waals surface area (Å²) in [7, 11) is 3.37. The first-order valence-corrected chi connectivity index (χ1v) is 6.66. The second kappa shape index (κ2) is 6.69. The molecule has 0 bridgehead atoms. The van der Waals surface area contributed by atoms with Gasteiger partial charge in [-0.1, -0.05) is 19.8 Å². The van der Waals surface area contributed by atoms with Gasteiger partial charge in [-0.25, -0.2) is 0 Å². The third-order valence-electron chi connectivity index (χ3n) is 4.11. The van der Waals surface area contributed by atoms with Gasteiger partial charge in [0, 0.05) is 26.8 Å². The summed E-state index contributed by atoms with van der Waals surface area (Å²) in [4.78, 5) is 2.47. The van der Waals surface area contributed by atoms with E-state index in [0.717, 1.165) is 6.54 Å². The lowest BCUT2D eigenvalue weighted by atomic mass is 9.95. The van der Waals surface area contributed by atoms with Crippen molar-refractivity contribution in [2.24, 2.45) is 5.73 Å². The highest BCUT2D eigenvalue weighted by Crippen LogP contribution is 2.31. The fourth-order valence-electron chi connectivity index (χ4n) is 3.21. The van der Waals surface area contributed by atoms with Gasteiger partial charge in [0.1, 0.15) is 0 Å². The Morgan fingerprint density at radius 2 is 1.82 bits per heavy atom. The van der Waals surface area contributed by atoms with Crippen LogP contribution in [0.1, 0.15) is 39.5 Å². The average molecular weight is 244 g/mol. The molecule has 1 atom stereocenters. The van der Waals surface area contributed by atoms with Crippen molar-refractivity contribution in [3.8, 4) is 0 Å². The molecule has 0 saturated heterocycles. The average Bonchev–Trinajstić information content (AvgIpc) is 2.85. The Kier molecular flexibility index (Phi) is 5.86. The van der Waals surface area contributed by atoms with Gasteiger partial charge < -0.3 is 15.2 Å². The number of methoxy groups -OCH3 is 2. The molecule has 0 aromatic rings. The van der Waals surface area contributed by atoms with E-state index in [-0.39, 0.29) is 11.8 Å². The maximum Gasteiger partial charge on any atom is 0.176 e. The molecule has 0 amide bonds. The Balaban J connectivity index is 2.86. The molecule has 1 unspecified atom stereocenters. The molecule has 4 nitrogen and oxygen atoms in total. The lowest BCUT2D eigenvalue weighted by molar-refractivity contribution is -0.187. The van der Waals surface area contributed by atoms with Crippen LogP contribution in [-0.4, -0.2) is 50.1 Å². The number of likely N-dealkylation sites (N-methyl/N-ethyl adjacent to an activating group) is 1. The van der Waals surface area contributed by atoms with Gasteiger partial charge in [-0.2, -0.15) is 0 Å². The standard InChI is InChI=1S/C13H28N2O2/c1-5-15(11-8-6-7-9-11)13(2,10-14)12(16-3)17-4/h11-12H,5-10,14H2,1-4H3. The van der Waals surface area contributed by atoms with Crippen LogP contribution in [0.15, 0.2) is 0 Å². The molecule has 102 valence electrons. The topological polar surface area (TPSA) is 47.7 Å². The molecule has 1 fully saturated rings. The number of hydrogen-bond donors (Lipinski definition) is 1. The molecule has 2 N–H and O–H groups in total. The van der Waals surface area contributed by atoms with Crippen molar-refractivity contribution in [3.63, 3.8) is 0 Å². The van der Waals surface area contributed by atoms with Crippen molar-refractivity contribution in [1.29, 1.82) is 0 Å². The predicted molar refractivity (Wildman–Crippen MR) is 69.9 cm³/mol. The van der Waals surface area contributed by atoms with Crippen molar-refractivity contribution >= 4 is 0 Å². The largest absolute Gasteiger partial charge is 0.354 e. The van der Waals surface area contributed by atoms with Gasteiger partial charge in [-0.05, 0) is 26.3 Å².